The Balaban J connectivity index is 0.988. The summed E-state index contributed by atoms with van der Waals surface area (Å²) >= 11 is 1.19. The molecule has 0 radical (unpaired) electrons. The molecule has 1 aromatic carbocycles. The number of piperazine rings is 1. The molecule has 36 heavy (non-hydrogen) atoms. The standard InChI is InChI=1S/C24H30N8O3S/c33-24-31(22-21(36-24)23-25-17-27-32(23)18-26-22)10-7-28-5-8-30(9-6-28)19-1-3-20(4-2-19)35-16-13-29-11-14-34-15-12-29/h1-4,17-18H,5-16H2. The van der Waals surface area contributed by atoms with Gasteiger partial charge in [-0.05, 0) is 24.3 Å². The van der Waals surface area contributed by atoms with Crippen LogP contribution in [0.1, 0.15) is 0 Å². The van der Waals surface area contributed by atoms with Crippen LogP contribution in [0.3, 0.4) is 0 Å². The van der Waals surface area contributed by atoms with Gasteiger partial charge in [0.1, 0.15) is 29.7 Å². The largest absolute Gasteiger partial charge is 0.492 e. The van der Waals surface area contributed by atoms with E-state index < -0.39 is 0 Å². The smallest absolute Gasteiger partial charge is 0.309 e. The van der Waals surface area contributed by atoms with Crippen molar-refractivity contribution in [1.29, 1.82) is 0 Å². The van der Waals surface area contributed by atoms with Crippen molar-refractivity contribution >= 4 is 33.0 Å². The third kappa shape index (κ3) is 4.94. The number of aromatic nitrogens is 5. The lowest BCUT2D eigenvalue weighted by atomic mass is 10.2. The molecule has 12 heteroatoms. The number of morpholine rings is 1. The molecular formula is C24H30N8O3S. The number of ether oxygens (including phenoxy) is 2. The lowest BCUT2D eigenvalue weighted by Crippen LogP contribution is -2.47. The van der Waals surface area contributed by atoms with E-state index in [1.54, 1.807) is 15.4 Å². The molecule has 0 bridgehead atoms. The van der Waals surface area contributed by atoms with E-state index in [2.05, 4.69) is 54.0 Å². The zero-order valence-corrected chi connectivity index (χ0v) is 21.0. The Kier molecular flexibility index (Phi) is 6.81. The zero-order chi connectivity index (χ0) is 24.3. The number of hydrogen-bond donors (Lipinski definition) is 0. The first-order valence-electron chi connectivity index (χ1n) is 12.4. The van der Waals surface area contributed by atoms with Crippen molar-refractivity contribution < 1.29 is 9.47 Å². The summed E-state index contributed by atoms with van der Waals surface area (Å²) in [4.78, 5) is 28.5. The highest BCUT2D eigenvalue weighted by atomic mass is 32.1. The van der Waals surface area contributed by atoms with E-state index in [-0.39, 0.29) is 4.87 Å². The van der Waals surface area contributed by atoms with Gasteiger partial charge >= 0.3 is 4.87 Å². The average molecular weight is 511 g/mol. The number of fused-ring (bicyclic) bond motifs is 3. The molecule has 190 valence electrons. The second-order valence-corrected chi connectivity index (χ2v) is 10.0. The highest BCUT2D eigenvalue weighted by molar-refractivity contribution is 7.17. The van der Waals surface area contributed by atoms with E-state index in [4.69, 9.17) is 9.47 Å². The predicted molar refractivity (Wildman–Crippen MR) is 138 cm³/mol. The van der Waals surface area contributed by atoms with Crippen LogP contribution in [0.15, 0.2) is 41.7 Å². The molecule has 0 amide bonds. The summed E-state index contributed by atoms with van der Waals surface area (Å²) in [6.45, 7) is 10.5. The van der Waals surface area contributed by atoms with Gasteiger partial charge in [0.25, 0.3) is 0 Å². The van der Waals surface area contributed by atoms with Crippen molar-refractivity contribution in [3.63, 3.8) is 0 Å². The van der Waals surface area contributed by atoms with Gasteiger partial charge < -0.3 is 14.4 Å². The van der Waals surface area contributed by atoms with Crippen molar-refractivity contribution in [1.82, 2.24) is 33.9 Å². The van der Waals surface area contributed by atoms with Gasteiger partial charge in [-0.3, -0.25) is 19.2 Å². The van der Waals surface area contributed by atoms with Crippen molar-refractivity contribution in [2.45, 2.75) is 6.54 Å². The molecule has 5 heterocycles. The molecule has 0 N–H and O–H groups in total. The van der Waals surface area contributed by atoms with Crippen molar-refractivity contribution in [3.05, 3.63) is 46.6 Å². The van der Waals surface area contributed by atoms with Gasteiger partial charge in [-0.25, -0.2) is 14.5 Å². The normalized spacial score (nSPS) is 17.8. The minimum absolute atomic E-state index is 0.000473. The number of nitrogens with zero attached hydrogens (tertiary/aromatic N) is 8. The average Bonchev–Trinajstić information content (AvgIpc) is 3.53. The molecule has 3 aromatic heterocycles. The number of benzene rings is 1. The first kappa shape index (κ1) is 23.3. The molecule has 2 aliphatic rings. The lowest BCUT2D eigenvalue weighted by Gasteiger charge is -2.36. The topological polar surface area (TPSA) is 93.3 Å². The summed E-state index contributed by atoms with van der Waals surface area (Å²) in [6, 6.07) is 8.42. The third-order valence-corrected chi connectivity index (χ3v) is 7.89. The van der Waals surface area contributed by atoms with E-state index in [0.29, 0.717) is 24.4 Å². The highest BCUT2D eigenvalue weighted by Gasteiger charge is 2.19. The summed E-state index contributed by atoms with van der Waals surface area (Å²) < 4.78 is 15.5. The Labute approximate surface area is 212 Å². The summed E-state index contributed by atoms with van der Waals surface area (Å²) in [7, 11) is 0. The Hall–Kier alpha value is -3.06. The van der Waals surface area contributed by atoms with Gasteiger partial charge in [-0.2, -0.15) is 5.10 Å². The van der Waals surface area contributed by atoms with Crippen LogP contribution in [-0.4, -0.2) is 106 Å². The molecule has 4 aromatic rings. The molecule has 0 unspecified atom stereocenters. The Morgan fingerprint density at radius 2 is 1.67 bits per heavy atom. The summed E-state index contributed by atoms with van der Waals surface area (Å²) in [5.74, 6) is 0.913. The van der Waals surface area contributed by atoms with Crippen molar-refractivity contribution in [2.24, 2.45) is 0 Å². The number of anilines is 1. The SMILES string of the molecule is O=c1sc2c(ncn3ncnc23)n1CCN1CCN(c2ccc(OCCN3CCOCC3)cc2)CC1. The van der Waals surface area contributed by atoms with Crippen LogP contribution in [0.25, 0.3) is 16.0 Å². The molecule has 0 saturated carbocycles. The number of rotatable bonds is 8. The number of hydrogen-bond acceptors (Lipinski definition) is 10. The monoisotopic (exact) mass is 510 g/mol. The third-order valence-electron chi connectivity index (χ3n) is 6.93. The maximum Gasteiger partial charge on any atom is 0.309 e. The molecule has 2 fully saturated rings. The first-order valence-corrected chi connectivity index (χ1v) is 13.2. The molecule has 11 nitrogen and oxygen atoms in total. The van der Waals surface area contributed by atoms with Gasteiger partial charge in [0.15, 0.2) is 11.3 Å². The number of thiazole rings is 1. The molecule has 0 aliphatic carbocycles. The summed E-state index contributed by atoms with van der Waals surface area (Å²) in [5, 5.41) is 4.11. The fraction of sp³-hybridized carbons (Fsp3) is 0.500. The minimum Gasteiger partial charge on any atom is -0.492 e. The van der Waals surface area contributed by atoms with Crippen molar-refractivity contribution in [3.8, 4) is 5.75 Å². The fourth-order valence-electron chi connectivity index (χ4n) is 4.82. The van der Waals surface area contributed by atoms with E-state index in [9.17, 15) is 4.79 Å². The van der Waals surface area contributed by atoms with Crippen LogP contribution in [0.5, 0.6) is 5.75 Å². The maximum atomic E-state index is 12.6. The van der Waals surface area contributed by atoms with E-state index in [1.165, 1.54) is 23.4 Å². The van der Waals surface area contributed by atoms with Crippen LogP contribution in [0.4, 0.5) is 5.69 Å². The second kappa shape index (κ2) is 10.5. The Morgan fingerprint density at radius 1 is 0.889 bits per heavy atom. The van der Waals surface area contributed by atoms with Gasteiger partial charge in [0.05, 0.1) is 13.2 Å². The molecule has 0 spiro atoms. The van der Waals surface area contributed by atoms with Crippen LogP contribution in [0.2, 0.25) is 0 Å². The van der Waals surface area contributed by atoms with E-state index >= 15 is 0 Å². The Morgan fingerprint density at radius 3 is 2.47 bits per heavy atom. The fourth-order valence-corrected chi connectivity index (χ4v) is 5.77. The first-order chi connectivity index (χ1) is 17.7. The molecule has 6 rings (SSSR count). The summed E-state index contributed by atoms with van der Waals surface area (Å²) in [5.41, 5.74) is 2.59. The predicted octanol–water partition coefficient (Wildman–Crippen LogP) is 1.03. The van der Waals surface area contributed by atoms with Gasteiger partial charge in [0, 0.05) is 64.6 Å². The van der Waals surface area contributed by atoms with Crippen molar-refractivity contribution in [2.75, 3.05) is 77.1 Å². The maximum absolute atomic E-state index is 12.6. The van der Waals surface area contributed by atoms with Crippen LogP contribution >= 0.6 is 11.3 Å². The van der Waals surface area contributed by atoms with E-state index in [0.717, 1.165) is 76.0 Å². The minimum atomic E-state index is -0.000473. The van der Waals surface area contributed by atoms with Gasteiger partial charge in [-0.1, -0.05) is 11.3 Å². The second-order valence-electron chi connectivity index (χ2n) is 9.07. The highest BCUT2D eigenvalue weighted by Crippen LogP contribution is 2.22. The van der Waals surface area contributed by atoms with Crippen LogP contribution in [0, 0.1) is 0 Å². The summed E-state index contributed by atoms with van der Waals surface area (Å²) in [6.07, 6.45) is 3.10. The quantitative estimate of drug-likeness (QED) is 0.345. The molecule has 0 atom stereocenters. The Bertz CT molecular complexity index is 1350. The van der Waals surface area contributed by atoms with Crippen LogP contribution in [-0.2, 0) is 11.3 Å². The van der Waals surface area contributed by atoms with Gasteiger partial charge in [-0.15, -0.1) is 0 Å². The van der Waals surface area contributed by atoms with Gasteiger partial charge in [0.2, 0.25) is 0 Å². The van der Waals surface area contributed by atoms with Crippen LogP contribution < -0.4 is 14.5 Å². The zero-order valence-electron chi connectivity index (χ0n) is 20.2. The molecule has 2 aliphatic heterocycles. The molecular weight excluding hydrogens is 480 g/mol. The van der Waals surface area contributed by atoms with E-state index in [1.807, 2.05) is 0 Å². The lowest BCUT2D eigenvalue weighted by molar-refractivity contribution is 0.0322. The molecule has 2 saturated heterocycles.